The third kappa shape index (κ3) is 3.07. The second kappa shape index (κ2) is 6.56. The van der Waals surface area contributed by atoms with Gasteiger partial charge in [0.15, 0.2) is 5.82 Å². The minimum atomic E-state index is -0.181. The molecule has 3 heterocycles. The maximum Gasteiger partial charge on any atom is 0.290 e. The molecule has 0 saturated carbocycles. The minimum Gasteiger partial charge on any atom is -0.380 e. The maximum absolute atomic E-state index is 11.5. The van der Waals surface area contributed by atoms with Crippen LogP contribution in [-0.4, -0.2) is 44.1 Å². The van der Waals surface area contributed by atoms with Crippen molar-refractivity contribution in [3.8, 4) is 0 Å². The number of nitrogens with one attached hydrogen (secondary N) is 1. The van der Waals surface area contributed by atoms with E-state index >= 15 is 0 Å². The first kappa shape index (κ1) is 15.5. The van der Waals surface area contributed by atoms with Gasteiger partial charge in [-0.05, 0) is 0 Å². The van der Waals surface area contributed by atoms with E-state index in [9.17, 15) is 4.79 Å². The largest absolute Gasteiger partial charge is 0.380 e. The molecule has 0 bridgehead atoms. The summed E-state index contributed by atoms with van der Waals surface area (Å²) in [5.41, 5.74) is 0.438. The number of rotatable bonds is 1. The normalized spacial score (nSPS) is 18.1. The van der Waals surface area contributed by atoms with Gasteiger partial charge in [-0.3, -0.25) is 4.79 Å². The van der Waals surface area contributed by atoms with E-state index in [1.807, 2.05) is 18.7 Å². The van der Waals surface area contributed by atoms with Gasteiger partial charge < -0.3 is 14.6 Å². The fraction of sp³-hybridized carbons (Fsp3) is 0.538. The number of hydrogen-bond acceptors (Lipinski definition) is 4. The summed E-state index contributed by atoms with van der Waals surface area (Å²) in [6.45, 7) is 13.3. The molecule has 0 atom stereocenters. The van der Waals surface area contributed by atoms with Gasteiger partial charge >= 0.3 is 0 Å². The Hall–Kier alpha value is -1.56. The summed E-state index contributed by atoms with van der Waals surface area (Å²) in [4.78, 5) is 20.0. The molecule has 1 aromatic rings. The summed E-state index contributed by atoms with van der Waals surface area (Å²) in [5, 5.41) is 0. The first-order valence-electron chi connectivity index (χ1n) is 6.36. The number of nitrogens with zero attached hydrogens (tertiary/aromatic N) is 2. The van der Waals surface area contributed by atoms with Crippen molar-refractivity contribution in [2.24, 2.45) is 5.41 Å². The Balaban J connectivity index is 0.000000667. The van der Waals surface area contributed by atoms with E-state index in [1.54, 1.807) is 0 Å². The minimum absolute atomic E-state index is 0. The lowest BCUT2D eigenvalue weighted by molar-refractivity contribution is -0.127. The summed E-state index contributed by atoms with van der Waals surface area (Å²) in [6, 6.07) is 0. The Bertz CT molecular complexity index is 469. The van der Waals surface area contributed by atoms with E-state index in [0.717, 1.165) is 26.3 Å². The fourth-order valence-corrected chi connectivity index (χ4v) is 2.11. The highest BCUT2D eigenvalue weighted by atomic mass is 16.5. The SMILES string of the molecule is C=C.CC.[B]c1c[nH]c(=O)c(N2CC3(COC3)C2)n1.[HH]. The van der Waals surface area contributed by atoms with E-state index in [1.165, 1.54) is 6.20 Å². The average Bonchev–Trinajstić information content (AvgIpc) is 2.35. The van der Waals surface area contributed by atoms with Gasteiger partial charge in [-0.2, -0.15) is 0 Å². The third-order valence-electron chi connectivity index (χ3n) is 2.96. The lowest BCUT2D eigenvalue weighted by atomic mass is 9.78. The van der Waals surface area contributed by atoms with Crippen LogP contribution < -0.4 is 16.1 Å². The van der Waals surface area contributed by atoms with E-state index in [2.05, 4.69) is 23.1 Å². The molecule has 5 nitrogen and oxygen atoms in total. The predicted octanol–water partition coefficient (Wildman–Crippen LogP) is 0.475. The van der Waals surface area contributed by atoms with Crippen molar-refractivity contribution in [2.45, 2.75) is 13.8 Å². The van der Waals surface area contributed by atoms with E-state index in [0.29, 0.717) is 11.4 Å². The Labute approximate surface area is 116 Å². The molecular formula is C13H22BN3O2. The quantitative estimate of drug-likeness (QED) is 0.591. The van der Waals surface area contributed by atoms with Gasteiger partial charge in [0.1, 0.15) is 7.85 Å². The van der Waals surface area contributed by atoms with Gasteiger partial charge in [-0.1, -0.05) is 13.8 Å². The van der Waals surface area contributed by atoms with Crippen molar-refractivity contribution in [1.82, 2.24) is 9.97 Å². The first-order valence-corrected chi connectivity index (χ1v) is 6.36. The second-order valence-electron chi connectivity index (χ2n) is 4.33. The van der Waals surface area contributed by atoms with Crippen LogP contribution in [-0.2, 0) is 4.74 Å². The van der Waals surface area contributed by atoms with Crippen LogP contribution >= 0.6 is 0 Å². The van der Waals surface area contributed by atoms with E-state index < -0.39 is 0 Å². The van der Waals surface area contributed by atoms with Gasteiger partial charge in [0, 0.05) is 26.3 Å². The molecule has 0 aliphatic carbocycles. The van der Waals surface area contributed by atoms with Crippen molar-refractivity contribution in [1.29, 1.82) is 0 Å². The zero-order chi connectivity index (χ0) is 14.5. The van der Waals surface area contributed by atoms with Crippen LogP contribution in [0.2, 0.25) is 0 Å². The molecule has 1 aromatic heterocycles. The van der Waals surface area contributed by atoms with Crippen molar-refractivity contribution in [2.75, 3.05) is 31.2 Å². The number of anilines is 1. The Kier molecular flexibility index (Phi) is 5.36. The van der Waals surface area contributed by atoms with Gasteiger partial charge in [0.2, 0.25) is 0 Å². The first-order chi connectivity index (χ1) is 9.19. The highest BCUT2D eigenvalue weighted by molar-refractivity contribution is 6.30. The van der Waals surface area contributed by atoms with Gasteiger partial charge in [-0.15, -0.1) is 13.2 Å². The molecule has 0 unspecified atom stereocenters. The van der Waals surface area contributed by atoms with Crippen LogP contribution in [0.1, 0.15) is 15.3 Å². The van der Waals surface area contributed by atoms with Crippen LogP contribution in [0.3, 0.4) is 0 Å². The molecule has 2 radical (unpaired) electrons. The number of hydrogen-bond donors (Lipinski definition) is 1. The summed E-state index contributed by atoms with van der Waals surface area (Å²) in [6.07, 6.45) is 1.41. The summed E-state index contributed by atoms with van der Waals surface area (Å²) in [7, 11) is 5.53. The van der Waals surface area contributed by atoms with Crippen molar-refractivity contribution < 1.29 is 6.16 Å². The summed E-state index contributed by atoms with van der Waals surface area (Å²) >= 11 is 0. The zero-order valence-electron chi connectivity index (χ0n) is 11.6. The van der Waals surface area contributed by atoms with Crippen LogP contribution in [0.15, 0.2) is 24.1 Å². The Morgan fingerprint density at radius 2 is 2.05 bits per heavy atom. The summed E-state index contributed by atoms with van der Waals surface area (Å²) < 4.78 is 5.16. The van der Waals surface area contributed by atoms with Crippen LogP contribution in [0.5, 0.6) is 0 Å². The lowest BCUT2D eigenvalue weighted by Gasteiger charge is -2.55. The lowest BCUT2D eigenvalue weighted by Crippen LogP contribution is -2.67. The standard InChI is InChI=1S/C9H10BN3O2.C2H6.C2H4.H2/c10-6-1-11-8(14)7(12-6)13-2-9(3-13)4-15-5-9;2*1-2;/h1H,2-5H2,(H,11,14);1-2H3;1-2H2;1H. The second-order valence-corrected chi connectivity index (χ2v) is 4.33. The molecule has 2 aliphatic rings. The number of H-pyrrole nitrogens is 1. The van der Waals surface area contributed by atoms with Crippen molar-refractivity contribution in [3.05, 3.63) is 29.7 Å². The molecule has 2 fully saturated rings. The molecule has 2 aliphatic heterocycles. The van der Waals surface area contributed by atoms with Gasteiger partial charge in [-0.25, -0.2) is 4.98 Å². The number of aromatic nitrogens is 2. The predicted molar refractivity (Wildman–Crippen MR) is 80.4 cm³/mol. The smallest absolute Gasteiger partial charge is 0.290 e. The Morgan fingerprint density at radius 1 is 1.47 bits per heavy atom. The molecule has 104 valence electrons. The summed E-state index contributed by atoms with van der Waals surface area (Å²) in [5.74, 6) is 0.424. The molecular weight excluding hydrogens is 241 g/mol. The third-order valence-corrected chi connectivity index (χ3v) is 2.96. The van der Waals surface area contributed by atoms with Crippen molar-refractivity contribution in [3.63, 3.8) is 0 Å². The molecule has 1 spiro atoms. The average molecular weight is 263 g/mol. The van der Waals surface area contributed by atoms with Crippen LogP contribution in [0, 0.1) is 5.41 Å². The topological polar surface area (TPSA) is 58.2 Å². The zero-order valence-corrected chi connectivity index (χ0v) is 11.6. The number of ether oxygens (including phenoxy) is 1. The van der Waals surface area contributed by atoms with Crippen LogP contribution in [0.25, 0.3) is 0 Å². The van der Waals surface area contributed by atoms with Gasteiger partial charge in [0.05, 0.1) is 18.6 Å². The Morgan fingerprint density at radius 3 is 2.53 bits per heavy atom. The number of aromatic amines is 1. The molecule has 6 heteroatoms. The molecule has 0 aromatic carbocycles. The molecule has 2 saturated heterocycles. The molecule has 1 N–H and O–H groups in total. The molecule has 0 amide bonds. The maximum atomic E-state index is 11.5. The van der Waals surface area contributed by atoms with Crippen LogP contribution in [0.4, 0.5) is 5.82 Å². The molecule has 19 heavy (non-hydrogen) atoms. The van der Waals surface area contributed by atoms with Gasteiger partial charge in [0.25, 0.3) is 5.56 Å². The van der Waals surface area contributed by atoms with Crippen molar-refractivity contribution >= 4 is 19.3 Å². The monoisotopic (exact) mass is 263 g/mol. The van der Waals surface area contributed by atoms with E-state index in [-0.39, 0.29) is 12.4 Å². The highest BCUT2D eigenvalue weighted by Gasteiger charge is 2.49. The fourth-order valence-electron chi connectivity index (χ4n) is 2.11. The highest BCUT2D eigenvalue weighted by Crippen LogP contribution is 2.38. The van der Waals surface area contributed by atoms with E-state index in [4.69, 9.17) is 12.6 Å². The molecule has 3 rings (SSSR count).